The zero-order valence-corrected chi connectivity index (χ0v) is 12.4. The van der Waals surface area contributed by atoms with Gasteiger partial charge in [0.25, 0.3) is 0 Å². The van der Waals surface area contributed by atoms with E-state index in [1.54, 1.807) is 13.0 Å². The third kappa shape index (κ3) is 2.70. The number of nitrogens with one attached hydrogen (secondary N) is 1. The maximum Gasteiger partial charge on any atom is 0.249 e. The summed E-state index contributed by atoms with van der Waals surface area (Å²) in [7, 11) is -1.75. The van der Waals surface area contributed by atoms with E-state index in [0.717, 1.165) is 6.42 Å². The average molecular weight is 297 g/mol. The number of rotatable bonds is 4. The first-order valence-corrected chi connectivity index (χ1v) is 7.88. The molecule has 1 amide bonds. The molecular formula is C13H19N3O3S. The van der Waals surface area contributed by atoms with Crippen LogP contribution in [-0.2, 0) is 10.0 Å². The number of benzene rings is 1. The second kappa shape index (κ2) is 5.51. The van der Waals surface area contributed by atoms with Gasteiger partial charge in [0.1, 0.15) is 0 Å². The van der Waals surface area contributed by atoms with Crippen LogP contribution in [0.4, 0.5) is 0 Å². The SMILES string of the molecule is CNC1CCN(S(=O)(=O)c2ccc(C)c(C(N)=O)c2)C1. The summed E-state index contributed by atoms with van der Waals surface area (Å²) in [5.41, 5.74) is 6.18. The highest BCUT2D eigenvalue weighted by atomic mass is 32.2. The van der Waals surface area contributed by atoms with Gasteiger partial charge in [-0.2, -0.15) is 4.31 Å². The molecule has 1 unspecified atom stereocenters. The number of sulfonamides is 1. The Morgan fingerprint density at radius 2 is 2.15 bits per heavy atom. The Bertz CT molecular complexity index is 628. The van der Waals surface area contributed by atoms with Crippen molar-refractivity contribution < 1.29 is 13.2 Å². The molecule has 6 nitrogen and oxygen atoms in total. The minimum Gasteiger partial charge on any atom is -0.366 e. The van der Waals surface area contributed by atoms with Crippen molar-refractivity contribution in [2.75, 3.05) is 20.1 Å². The Labute approximate surface area is 119 Å². The van der Waals surface area contributed by atoms with Crippen LogP contribution < -0.4 is 11.1 Å². The van der Waals surface area contributed by atoms with Crippen LogP contribution in [-0.4, -0.2) is 44.8 Å². The van der Waals surface area contributed by atoms with Crippen LogP contribution in [0, 0.1) is 6.92 Å². The monoisotopic (exact) mass is 297 g/mol. The molecule has 20 heavy (non-hydrogen) atoms. The summed E-state index contributed by atoms with van der Waals surface area (Å²) in [6.45, 7) is 2.65. The van der Waals surface area contributed by atoms with Gasteiger partial charge < -0.3 is 11.1 Å². The van der Waals surface area contributed by atoms with Gasteiger partial charge in [-0.3, -0.25) is 4.79 Å². The van der Waals surface area contributed by atoms with Crippen LogP contribution in [0.3, 0.4) is 0 Å². The van der Waals surface area contributed by atoms with Crippen molar-refractivity contribution in [2.45, 2.75) is 24.3 Å². The molecule has 0 aliphatic carbocycles. The maximum atomic E-state index is 12.5. The van der Waals surface area contributed by atoms with Crippen LogP contribution in [0.5, 0.6) is 0 Å². The van der Waals surface area contributed by atoms with E-state index in [9.17, 15) is 13.2 Å². The molecule has 7 heteroatoms. The van der Waals surface area contributed by atoms with E-state index in [-0.39, 0.29) is 16.5 Å². The van der Waals surface area contributed by atoms with Crippen LogP contribution >= 0.6 is 0 Å². The molecule has 0 bridgehead atoms. The molecule has 1 atom stereocenters. The summed E-state index contributed by atoms with van der Waals surface area (Å²) < 4.78 is 26.5. The van der Waals surface area contributed by atoms with Gasteiger partial charge in [-0.15, -0.1) is 0 Å². The molecule has 0 aromatic heterocycles. The highest BCUT2D eigenvalue weighted by Gasteiger charge is 2.32. The van der Waals surface area contributed by atoms with Crippen LogP contribution in [0.15, 0.2) is 23.1 Å². The zero-order chi connectivity index (χ0) is 14.9. The Morgan fingerprint density at radius 1 is 1.45 bits per heavy atom. The van der Waals surface area contributed by atoms with Crippen molar-refractivity contribution in [3.8, 4) is 0 Å². The predicted octanol–water partition coefficient (Wildman–Crippen LogP) is 0.0763. The molecule has 110 valence electrons. The fourth-order valence-corrected chi connectivity index (χ4v) is 3.89. The number of aryl methyl sites for hydroxylation is 1. The normalized spacial score (nSPS) is 20.2. The van der Waals surface area contributed by atoms with Crippen molar-refractivity contribution in [1.29, 1.82) is 0 Å². The number of nitrogens with two attached hydrogens (primary N) is 1. The number of hydrogen-bond acceptors (Lipinski definition) is 4. The van der Waals surface area contributed by atoms with Crippen molar-refractivity contribution >= 4 is 15.9 Å². The first-order valence-electron chi connectivity index (χ1n) is 6.44. The first kappa shape index (κ1) is 15.0. The number of primary amides is 1. The Morgan fingerprint density at radius 3 is 2.70 bits per heavy atom. The lowest BCUT2D eigenvalue weighted by atomic mass is 10.1. The van der Waals surface area contributed by atoms with E-state index in [1.807, 2.05) is 7.05 Å². The maximum absolute atomic E-state index is 12.5. The minimum atomic E-state index is -3.57. The lowest BCUT2D eigenvalue weighted by molar-refractivity contribution is 0.0999. The zero-order valence-electron chi connectivity index (χ0n) is 11.6. The lowest BCUT2D eigenvalue weighted by Gasteiger charge is -2.17. The van der Waals surface area contributed by atoms with Gasteiger partial charge in [0.15, 0.2) is 0 Å². The molecule has 0 radical (unpaired) electrons. The second-order valence-electron chi connectivity index (χ2n) is 4.98. The molecule has 1 aliphatic heterocycles. The van der Waals surface area contributed by atoms with Gasteiger partial charge in [0, 0.05) is 24.7 Å². The van der Waals surface area contributed by atoms with E-state index in [4.69, 9.17) is 5.73 Å². The van der Waals surface area contributed by atoms with E-state index in [1.165, 1.54) is 16.4 Å². The van der Waals surface area contributed by atoms with Gasteiger partial charge in [-0.1, -0.05) is 6.07 Å². The van der Waals surface area contributed by atoms with Crippen LogP contribution in [0.2, 0.25) is 0 Å². The molecule has 1 aromatic carbocycles. The standard InChI is InChI=1S/C13H19N3O3S/c1-9-3-4-11(7-12(9)13(14)17)20(18,19)16-6-5-10(8-16)15-2/h3-4,7,10,15H,5-6,8H2,1-2H3,(H2,14,17). The van der Waals surface area contributed by atoms with Crippen molar-refractivity contribution in [1.82, 2.24) is 9.62 Å². The molecule has 0 saturated carbocycles. The van der Waals surface area contributed by atoms with E-state index in [2.05, 4.69) is 5.32 Å². The molecule has 0 spiro atoms. The smallest absolute Gasteiger partial charge is 0.249 e. The van der Waals surface area contributed by atoms with E-state index < -0.39 is 15.9 Å². The number of hydrogen-bond donors (Lipinski definition) is 2. The summed E-state index contributed by atoms with van der Waals surface area (Å²) >= 11 is 0. The molecule has 3 N–H and O–H groups in total. The predicted molar refractivity (Wildman–Crippen MR) is 75.9 cm³/mol. The molecule has 1 fully saturated rings. The largest absolute Gasteiger partial charge is 0.366 e. The third-order valence-corrected chi connectivity index (χ3v) is 5.53. The number of likely N-dealkylation sites (N-methyl/N-ethyl adjacent to an activating group) is 1. The van der Waals surface area contributed by atoms with Crippen molar-refractivity contribution in [2.24, 2.45) is 5.73 Å². The Kier molecular flexibility index (Phi) is 4.12. The number of amides is 1. The highest BCUT2D eigenvalue weighted by molar-refractivity contribution is 7.89. The minimum absolute atomic E-state index is 0.119. The first-order chi connectivity index (χ1) is 9.36. The Hall–Kier alpha value is -1.44. The van der Waals surface area contributed by atoms with Crippen LogP contribution in [0.1, 0.15) is 22.3 Å². The summed E-state index contributed by atoms with van der Waals surface area (Å²) in [6, 6.07) is 4.66. The molecule has 1 aromatic rings. The van der Waals surface area contributed by atoms with Crippen molar-refractivity contribution in [3.63, 3.8) is 0 Å². The summed E-state index contributed by atoms with van der Waals surface area (Å²) in [5, 5.41) is 3.08. The fraction of sp³-hybridized carbons (Fsp3) is 0.462. The quantitative estimate of drug-likeness (QED) is 0.823. The van der Waals surface area contributed by atoms with Crippen molar-refractivity contribution in [3.05, 3.63) is 29.3 Å². The topological polar surface area (TPSA) is 92.5 Å². The van der Waals surface area contributed by atoms with Gasteiger partial charge in [0.2, 0.25) is 15.9 Å². The van der Waals surface area contributed by atoms with Gasteiger partial charge in [-0.05, 0) is 38.1 Å². The molecule has 1 heterocycles. The van der Waals surface area contributed by atoms with Gasteiger partial charge in [0.05, 0.1) is 4.90 Å². The van der Waals surface area contributed by atoms with Crippen LogP contribution in [0.25, 0.3) is 0 Å². The third-order valence-electron chi connectivity index (χ3n) is 3.67. The number of carbonyl (C=O) groups is 1. The lowest BCUT2D eigenvalue weighted by Crippen LogP contribution is -2.33. The number of carbonyl (C=O) groups excluding carboxylic acids is 1. The van der Waals surface area contributed by atoms with E-state index in [0.29, 0.717) is 18.7 Å². The summed E-state index contributed by atoms with van der Waals surface area (Å²) in [5.74, 6) is -0.617. The number of nitrogens with zero attached hydrogens (tertiary/aromatic N) is 1. The summed E-state index contributed by atoms with van der Waals surface area (Å²) in [6.07, 6.45) is 0.782. The molecule has 1 aliphatic rings. The van der Waals surface area contributed by atoms with E-state index >= 15 is 0 Å². The Balaban J connectivity index is 2.35. The summed E-state index contributed by atoms with van der Waals surface area (Å²) in [4.78, 5) is 11.4. The second-order valence-corrected chi connectivity index (χ2v) is 6.92. The fourth-order valence-electron chi connectivity index (χ4n) is 2.36. The highest BCUT2D eigenvalue weighted by Crippen LogP contribution is 2.23. The van der Waals surface area contributed by atoms with Gasteiger partial charge >= 0.3 is 0 Å². The average Bonchev–Trinajstić information content (AvgIpc) is 2.88. The van der Waals surface area contributed by atoms with Gasteiger partial charge in [-0.25, -0.2) is 8.42 Å². The molecule has 2 rings (SSSR count). The molecular weight excluding hydrogens is 278 g/mol. The molecule has 1 saturated heterocycles.